The summed E-state index contributed by atoms with van der Waals surface area (Å²) in [4.78, 5) is 0. The Morgan fingerprint density at radius 2 is 1.44 bits per heavy atom. The lowest BCUT2D eigenvalue weighted by atomic mass is 10.5. The summed E-state index contributed by atoms with van der Waals surface area (Å²) < 4.78 is 10.3. The fraction of sp³-hybridized carbons (Fsp3) is 0.857. The molecule has 0 aliphatic carbocycles. The molecule has 0 saturated heterocycles. The van der Waals surface area contributed by atoms with Crippen LogP contribution in [-0.2, 0) is 9.47 Å². The Balaban J connectivity index is 3.18. The molecule has 0 unspecified atom stereocenters. The lowest BCUT2D eigenvalue weighted by molar-refractivity contribution is -0.0399. The second-order valence-corrected chi connectivity index (χ2v) is 1.59. The van der Waals surface area contributed by atoms with Gasteiger partial charge < -0.3 is 9.47 Å². The molecule has 0 saturated carbocycles. The van der Waals surface area contributed by atoms with Crippen LogP contribution in [-0.4, -0.2) is 13.2 Å². The number of hydrogen-bond acceptors (Lipinski definition) is 2. The standard InChI is InChI=1S/C7H15O2/c1-4-7(8-5-2)9-6-3/h4-6H2,1-3H3. The third-order valence-corrected chi connectivity index (χ3v) is 0.899. The molecule has 55 valence electrons. The van der Waals surface area contributed by atoms with Gasteiger partial charge in [-0.05, 0) is 13.8 Å². The lowest BCUT2D eigenvalue weighted by Crippen LogP contribution is -2.06. The minimum Gasteiger partial charge on any atom is -0.346 e. The highest BCUT2D eigenvalue weighted by Gasteiger charge is 2.04. The summed E-state index contributed by atoms with van der Waals surface area (Å²) in [6, 6.07) is 0. The molecule has 0 N–H and O–H groups in total. The van der Waals surface area contributed by atoms with Gasteiger partial charge in [0.1, 0.15) is 0 Å². The predicted octanol–water partition coefficient (Wildman–Crippen LogP) is 1.96. The van der Waals surface area contributed by atoms with E-state index in [1.54, 1.807) is 0 Å². The third-order valence-electron chi connectivity index (χ3n) is 0.899. The van der Waals surface area contributed by atoms with Crippen molar-refractivity contribution in [2.45, 2.75) is 27.2 Å². The van der Waals surface area contributed by atoms with Crippen LogP contribution in [0.5, 0.6) is 0 Å². The van der Waals surface area contributed by atoms with E-state index in [1.165, 1.54) is 0 Å². The smallest absolute Gasteiger partial charge is 0.223 e. The molecule has 9 heavy (non-hydrogen) atoms. The van der Waals surface area contributed by atoms with Gasteiger partial charge in [-0.15, -0.1) is 0 Å². The van der Waals surface area contributed by atoms with Gasteiger partial charge in [0, 0.05) is 19.6 Å². The molecule has 1 radical (unpaired) electrons. The van der Waals surface area contributed by atoms with Crippen molar-refractivity contribution in [3.8, 4) is 0 Å². The maximum Gasteiger partial charge on any atom is 0.223 e. The van der Waals surface area contributed by atoms with Crippen molar-refractivity contribution in [3.05, 3.63) is 6.29 Å². The summed E-state index contributed by atoms with van der Waals surface area (Å²) >= 11 is 0. The first-order valence-electron chi connectivity index (χ1n) is 3.46. The van der Waals surface area contributed by atoms with Crippen LogP contribution in [0.3, 0.4) is 0 Å². The maximum absolute atomic E-state index is 5.13. The van der Waals surface area contributed by atoms with Crippen LogP contribution in [0.2, 0.25) is 0 Å². The minimum absolute atomic E-state index is 0.698. The molecule has 0 amide bonds. The van der Waals surface area contributed by atoms with Crippen molar-refractivity contribution < 1.29 is 9.47 Å². The monoisotopic (exact) mass is 131 g/mol. The van der Waals surface area contributed by atoms with Crippen LogP contribution in [0.25, 0.3) is 0 Å². The van der Waals surface area contributed by atoms with Crippen molar-refractivity contribution in [2.75, 3.05) is 13.2 Å². The van der Waals surface area contributed by atoms with E-state index >= 15 is 0 Å². The second-order valence-electron chi connectivity index (χ2n) is 1.59. The van der Waals surface area contributed by atoms with Gasteiger partial charge in [0.15, 0.2) is 0 Å². The summed E-state index contributed by atoms with van der Waals surface area (Å²) in [6.07, 6.45) is 1.60. The van der Waals surface area contributed by atoms with Crippen molar-refractivity contribution in [3.63, 3.8) is 0 Å². The van der Waals surface area contributed by atoms with Gasteiger partial charge in [-0.25, -0.2) is 0 Å². The Hall–Kier alpha value is -0.0800. The van der Waals surface area contributed by atoms with Gasteiger partial charge in [-0.1, -0.05) is 6.92 Å². The molecular weight excluding hydrogens is 116 g/mol. The topological polar surface area (TPSA) is 18.5 Å². The van der Waals surface area contributed by atoms with Crippen LogP contribution in [0.1, 0.15) is 27.2 Å². The van der Waals surface area contributed by atoms with E-state index in [0.29, 0.717) is 13.2 Å². The van der Waals surface area contributed by atoms with Crippen LogP contribution in [0.4, 0.5) is 0 Å². The van der Waals surface area contributed by atoms with E-state index in [1.807, 2.05) is 20.8 Å². The highest BCUT2D eigenvalue weighted by molar-refractivity contribution is 4.59. The van der Waals surface area contributed by atoms with Crippen molar-refractivity contribution in [2.24, 2.45) is 0 Å². The first-order chi connectivity index (χ1) is 4.35. The summed E-state index contributed by atoms with van der Waals surface area (Å²) in [5.41, 5.74) is 0. The van der Waals surface area contributed by atoms with Crippen LogP contribution < -0.4 is 0 Å². The van der Waals surface area contributed by atoms with Crippen molar-refractivity contribution >= 4 is 0 Å². The summed E-state index contributed by atoms with van der Waals surface area (Å²) in [5.74, 6) is 0. The van der Waals surface area contributed by atoms with Crippen molar-refractivity contribution in [1.29, 1.82) is 0 Å². The highest BCUT2D eigenvalue weighted by Crippen LogP contribution is 2.07. The van der Waals surface area contributed by atoms with Crippen LogP contribution >= 0.6 is 0 Å². The van der Waals surface area contributed by atoms with Gasteiger partial charge in [-0.3, -0.25) is 0 Å². The van der Waals surface area contributed by atoms with E-state index in [-0.39, 0.29) is 0 Å². The highest BCUT2D eigenvalue weighted by atomic mass is 16.7. The van der Waals surface area contributed by atoms with Gasteiger partial charge >= 0.3 is 0 Å². The van der Waals surface area contributed by atoms with Gasteiger partial charge in [0.05, 0.1) is 0 Å². The predicted molar refractivity (Wildman–Crippen MR) is 36.8 cm³/mol. The van der Waals surface area contributed by atoms with E-state index in [0.717, 1.165) is 12.7 Å². The number of rotatable bonds is 5. The average Bonchev–Trinajstić information content (AvgIpc) is 1.88. The van der Waals surface area contributed by atoms with Crippen LogP contribution in [0, 0.1) is 6.29 Å². The molecule has 0 aromatic heterocycles. The van der Waals surface area contributed by atoms with Crippen molar-refractivity contribution in [1.82, 2.24) is 0 Å². The quantitative estimate of drug-likeness (QED) is 0.567. The largest absolute Gasteiger partial charge is 0.346 e. The molecular formula is C7H15O2. The lowest BCUT2D eigenvalue weighted by Gasteiger charge is -2.11. The normalized spacial score (nSPS) is 10.7. The molecule has 0 fully saturated rings. The van der Waals surface area contributed by atoms with Crippen LogP contribution in [0.15, 0.2) is 0 Å². The first kappa shape index (κ1) is 8.92. The number of hydrogen-bond donors (Lipinski definition) is 0. The number of ether oxygens (including phenoxy) is 2. The molecule has 2 nitrogen and oxygen atoms in total. The molecule has 0 aromatic carbocycles. The van der Waals surface area contributed by atoms with Gasteiger partial charge in [0.2, 0.25) is 6.29 Å². The fourth-order valence-corrected chi connectivity index (χ4v) is 0.568. The summed E-state index contributed by atoms with van der Waals surface area (Å²) in [6.45, 7) is 7.32. The van der Waals surface area contributed by atoms with Gasteiger partial charge in [0.25, 0.3) is 0 Å². The molecule has 0 rings (SSSR count). The molecule has 0 atom stereocenters. The van der Waals surface area contributed by atoms with Gasteiger partial charge in [-0.2, -0.15) is 0 Å². The zero-order valence-corrected chi connectivity index (χ0v) is 6.44. The zero-order valence-electron chi connectivity index (χ0n) is 6.44. The molecule has 2 heteroatoms. The molecule has 0 aliphatic heterocycles. The Morgan fingerprint density at radius 1 is 1.00 bits per heavy atom. The third kappa shape index (κ3) is 4.43. The van der Waals surface area contributed by atoms with E-state index in [2.05, 4.69) is 0 Å². The fourth-order valence-electron chi connectivity index (χ4n) is 0.568. The van der Waals surface area contributed by atoms with E-state index in [9.17, 15) is 0 Å². The SMILES string of the molecule is CCO[C](CC)OCC. The minimum atomic E-state index is 0.698. The molecule has 0 spiro atoms. The molecule has 0 aliphatic rings. The molecule has 0 heterocycles. The Morgan fingerprint density at radius 3 is 1.67 bits per heavy atom. The first-order valence-corrected chi connectivity index (χ1v) is 3.46. The summed E-state index contributed by atoms with van der Waals surface area (Å²) in [5, 5.41) is 0. The van der Waals surface area contributed by atoms with E-state index in [4.69, 9.17) is 9.47 Å². The molecule has 0 aromatic rings. The second kappa shape index (κ2) is 6.05. The average molecular weight is 131 g/mol. The van der Waals surface area contributed by atoms with E-state index < -0.39 is 0 Å². The Bertz CT molecular complexity index is 48.9. The maximum atomic E-state index is 5.13. The Kier molecular flexibility index (Phi) is 5.99. The molecule has 0 bridgehead atoms. The Labute approximate surface area is 57.2 Å². The summed E-state index contributed by atoms with van der Waals surface area (Å²) in [7, 11) is 0. The zero-order chi connectivity index (χ0) is 7.11.